The van der Waals surface area contributed by atoms with Crippen molar-refractivity contribution in [3.63, 3.8) is 0 Å². The number of ether oxygens (including phenoxy) is 1. The average Bonchev–Trinajstić information content (AvgIpc) is 3.50. The minimum atomic E-state index is 0.00116. The third-order valence-electron chi connectivity index (χ3n) is 7.10. The second-order valence-electron chi connectivity index (χ2n) is 9.40. The summed E-state index contributed by atoms with van der Waals surface area (Å²) < 4.78 is 5.05. The Bertz CT molecular complexity index is 1260. The summed E-state index contributed by atoms with van der Waals surface area (Å²) in [5.74, 6) is 1.62. The van der Waals surface area contributed by atoms with Crippen molar-refractivity contribution in [3.05, 3.63) is 82.0 Å². The Kier molecular flexibility index (Phi) is 6.16. The van der Waals surface area contributed by atoms with Gasteiger partial charge in [-0.1, -0.05) is 24.3 Å². The standard InChI is InChI=1S/C28H31N5O2/c1-16-11-19(28(29)33-30-3)12-17(2)27(16)22-6-4-5-21-20(22)8-9-24(21)32-26-10-7-18(14-31-26)23-13-25(23)35-15-34/h4-7,10-12,14-15,23-25,30H,8-9,13H2,1-3H3,(H2,29,33)(H,31,32)/t23?,24?,25-/m0/s1. The summed E-state index contributed by atoms with van der Waals surface area (Å²) in [4.78, 5) is 15.2. The smallest absolute Gasteiger partial charge is 0.293 e. The van der Waals surface area contributed by atoms with Crippen molar-refractivity contribution in [2.75, 3.05) is 12.4 Å². The Morgan fingerprint density at radius 3 is 2.69 bits per heavy atom. The molecular formula is C28H31N5O2. The van der Waals surface area contributed by atoms with Crippen molar-refractivity contribution in [1.82, 2.24) is 10.4 Å². The van der Waals surface area contributed by atoms with Crippen LogP contribution in [0.4, 0.5) is 5.82 Å². The molecule has 2 aliphatic carbocycles. The Morgan fingerprint density at radius 2 is 2.00 bits per heavy atom. The molecule has 7 heteroatoms. The van der Waals surface area contributed by atoms with Gasteiger partial charge in [0.25, 0.3) is 6.47 Å². The summed E-state index contributed by atoms with van der Waals surface area (Å²) in [5, 5.41) is 7.76. The lowest BCUT2D eigenvalue weighted by Gasteiger charge is -2.18. The number of hydrogen-bond donors (Lipinski definition) is 3. The van der Waals surface area contributed by atoms with Crippen LogP contribution in [0.1, 0.15) is 58.2 Å². The van der Waals surface area contributed by atoms with Gasteiger partial charge in [0, 0.05) is 24.7 Å². The van der Waals surface area contributed by atoms with E-state index >= 15 is 0 Å². The molecule has 3 aromatic rings. The Labute approximate surface area is 205 Å². The number of nitrogens with zero attached hydrogens (tertiary/aromatic N) is 2. The number of anilines is 1. The molecule has 0 spiro atoms. The molecular weight excluding hydrogens is 438 g/mol. The number of nitrogens with one attached hydrogen (secondary N) is 2. The van der Waals surface area contributed by atoms with E-state index in [0.717, 1.165) is 36.2 Å². The molecule has 1 heterocycles. The van der Waals surface area contributed by atoms with Gasteiger partial charge in [0.2, 0.25) is 0 Å². The second kappa shape index (κ2) is 9.41. The maximum atomic E-state index is 10.5. The van der Waals surface area contributed by atoms with Crippen LogP contribution in [0.5, 0.6) is 0 Å². The fourth-order valence-electron chi connectivity index (χ4n) is 5.39. The summed E-state index contributed by atoms with van der Waals surface area (Å²) in [6.07, 6.45) is 4.80. The van der Waals surface area contributed by atoms with Crippen LogP contribution in [0.3, 0.4) is 0 Å². The van der Waals surface area contributed by atoms with E-state index in [1.165, 1.54) is 33.4 Å². The van der Waals surface area contributed by atoms with Crippen molar-refractivity contribution in [1.29, 1.82) is 0 Å². The molecule has 0 bridgehead atoms. The fourth-order valence-corrected chi connectivity index (χ4v) is 5.39. The number of carbonyl (C=O) groups is 1. The van der Waals surface area contributed by atoms with Crippen LogP contribution in [0.15, 0.2) is 53.8 Å². The number of hydrogen-bond acceptors (Lipinski definition) is 6. The molecule has 7 nitrogen and oxygen atoms in total. The molecule has 1 aromatic heterocycles. The number of aromatic nitrogens is 1. The first-order valence-electron chi connectivity index (χ1n) is 12.1. The minimum absolute atomic E-state index is 0.00116. The monoisotopic (exact) mass is 469 g/mol. The lowest BCUT2D eigenvalue weighted by molar-refractivity contribution is -0.129. The van der Waals surface area contributed by atoms with E-state index in [0.29, 0.717) is 12.3 Å². The van der Waals surface area contributed by atoms with Crippen LogP contribution in [0.2, 0.25) is 0 Å². The molecule has 1 saturated carbocycles. The first-order valence-corrected chi connectivity index (χ1v) is 12.1. The number of carbonyl (C=O) groups excluding carboxylic acids is 1. The molecule has 0 amide bonds. The Morgan fingerprint density at radius 1 is 1.20 bits per heavy atom. The number of benzene rings is 2. The first-order chi connectivity index (χ1) is 17.0. The van der Waals surface area contributed by atoms with E-state index in [9.17, 15) is 4.79 Å². The number of rotatable bonds is 8. The lowest BCUT2D eigenvalue weighted by Crippen LogP contribution is -2.17. The SMILES string of the molecule is CN/N=C(\N)c1cc(C)c(-c2cccc3c2CCC3Nc2ccc(C3C[C@@H]3OC=O)cn2)c(C)c1. The summed E-state index contributed by atoms with van der Waals surface area (Å²) >= 11 is 0. The topological polar surface area (TPSA) is 102 Å². The molecule has 180 valence electrons. The highest BCUT2D eigenvalue weighted by Gasteiger charge is 2.40. The summed E-state index contributed by atoms with van der Waals surface area (Å²) in [6, 6.07) is 15.1. The van der Waals surface area contributed by atoms with Crippen molar-refractivity contribution < 1.29 is 9.53 Å². The van der Waals surface area contributed by atoms with Crippen molar-refractivity contribution in [2.24, 2.45) is 10.8 Å². The minimum Gasteiger partial charge on any atom is -0.464 e. The van der Waals surface area contributed by atoms with Crippen molar-refractivity contribution in [2.45, 2.75) is 51.2 Å². The molecule has 2 unspecified atom stereocenters. The van der Waals surface area contributed by atoms with Gasteiger partial charge in [0.05, 0.1) is 6.04 Å². The average molecular weight is 470 g/mol. The molecule has 5 rings (SSSR count). The van der Waals surface area contributed by atoms with Gasteiger partial charge >= 0.3 is 0 Å². The van der Waals surface area contributed by atoms with E-state index in [-0.39, 0.29) is 18.1 Å². The maximum absolute atomic E-state index is 10.5. The highest BCUT2D eigenvalue weighted by Crippen LogP contribution is 2.44. The van der Waals surface area contributed by atoms with Crippen LogP contribution in [0.25, 0.3) is 11.1 Å². The van der Waals surface area contributed by atoms with Crippen LogP contribution in [0, 0.1) is 13.8 Å². The van der Waals surface area contributed by atoms with Gasteiger partial charge < -0.3 is 21.2 Å². The number of amidine groups is 1. The molecule has 2 aliphatic rings. The zero-order valence-corrected chi connectivity index (χ0v) is 20.3. The third-order valence-corrected chi connectivity index (χ3v) is 7.10. The quantitative estimate of drug-likeness (QED) is 0.196. The highest BCUT2D eigenvalue weighted by atomic mass is 16.5. The van der Waals surface area contributed by atoms with Crippen molar-refractivity contribution in [3.8, 4) is 11.1 Å². The van der Waals surface area contributed by atoms with Gasteiger partial charge in [0.1, 0.15) is 11.9 Å². The molecule has 35 heavy (non-hydrogen) atoms. The Balaban J connectivity index is 1.38. The second-order valence-corrected chi connectivity index (χ2v) is 9.40. The normalized spacial score (nSPS) is 20.8. The van der Waals surface area contributed by atoms with Crippen LogP contribution < -0.4 is 16.5 Å². The number of hydrazone groups is 1. The van der Waals surface area contributed by atoms with Gasteiger partial charge in [-0.25, -0.2) is 4.98 Å². The van der Waals surface area contributed by atoms with Crippen LogP contribution in [-0.2, 0) is 16.0 Å². The number of fused-ring (bicyclic) bond motifs is 1. The van der Waals surface area contributed by atoms with Gasteiger partial charge in [-0.15, -0.1) is 0 Å². The summed E-state index contributed by atoms with van der Waals surface area (Å²) in [5.41, 5.74) is 18.6. The molecule has 2 aromatic carbocycles. The van der Waals surface area contributed by atoms with Gasteiger partial charge in [-0.3, -0.25) is 4.79 Å². The largest absolute Gasteiger partial charge is 0.464 e. The van der Waals surface area contributed by atoms with Crippen molar-refractivity contribution >= 4 is 18.1 Å². The summed E-state index contributed by atoms with van der Waals surface area (Å²) in [7, 11) is 1.75. The van der Waals surface area contributed by atoms with E-state index in [1.807, 2.05) is 12.3 Å². The third kappa shape index (κ3) is 4.46. The number of aryl methyl sites for hydroxylation is 2. The Hall–Kier alpha value is -3.87. The molecule has 1 fully saturated rings. The highest BCUT2D eigenvalue weighted by molar-refractivity contribution is 5.98. The predicted octanol–water partition coefficient (Wildman–Crippen LogP) is 4.33. The predicted molar refractivity (Wildman–Crippen MR) is 138 cm³/mol. The van der Waals surface area contributed by atoms with Gasteiger partial charge in [-0.2, -0.15) is 5.10 Å². The lowest BCUT2D eigenvalue weighted by atomic mass is 9.89. The molecule has 0 saturated heterocycles. The zero-order valence-electron chi connectivity index (χ0n) is 20.3. The number of pyridine rings is 1. The maximum Gasteiger partial charge on any atom is 0.293 e. The van der Waals surface area contributed by atoms with E-state index < -0.39 is 0 Å². The van der Waals surface area contributed by atoms with E-state index in [2.05, 4.69) is 71.1 Å². The zero-order chi connectivity index (χ0) is 24.5. The van der Waals surface area contributed by atoms with Crippen LogP contribution >= 0.6 is 0 Å². The van der Waals surface area contributed by atoms with Gasteiger partial charge in [0.15, 0.2) is 5.84 Å². The molecule has 4 N–H and O–H groups in total. The van der Waals surface area contributed by atoms with Gasteiger partial charge in [-0.05, 0) is 90.3 Å². The molecule has 0 radical (unpaired) electrons. The van der Waals surface area contributed by atoms with E-state index in [4.69, 9.17) is 10.5 Å². The van der Waals surface area contributed by atoms with E-state index in [1.54, 1.807) is 7.05 Å². The fraction of sp³-hybridized carbons (Fsp3) is 0.321. The molecule has 3 atom stereocenters. The summed E-state index contributed by atoms with van der Waals surface area (Å²) in [6.45, 7) is 4.81. The first kappa shape index (κ1) is 22.9. The van der Waals surface area contributed by atoms with Crippen LogP contribution in [-0.4, -0.2) is 30.4 Å². The molecule has 0 aliphatic heterocycles. The number of nitrogens with two attached hydrogens (primary N) is 1.